The highest BCUT2D eigenvalue weighted by atomic mass is 16.2. The first-order valence-electron chi connectivity index (χ1n) is 12.9. The highest BCUT2D eigenvalue weighted by molar-refractivity contribution is 5.99. The number of carbonyl (C=O) groups is 3. The molecule has 3 aromatic rings. The minimum absolute atomic E-state index is 0.00449. The fourth-order valence-corrected chi connectivity index (χ4v) is 5.62. The number of likely N-dealkylation sites (tertiary alicyclic amines) is 1. The molecule has 37 heavy (non-hydrogen) atoms. The molecule has 2 aromatic carbocycles. The molecular weight excluding hydrogens is 464 g/mol. The van der Waals surface area contributed by atoms with Crippen molar-refractivity contribution in [3.63, 3.8) is 0 Å². The van der Waals surface area contributed by atoms with Crippen LogP contribution >= 0.6 is 0 Å². The number of carbonyl (C=O) groups excluding carboxylic acids is 3. The summed E-state index contributed by atoms with van der Waals surface area (Å²) in [7, 11) is 1.86. The lowest BCUT2D eigenvalue weighted by atomic mass is 9.84. The molecule has 1 saturated heterocycles. The second-order valence-electron chi connectivity index (χ2n) is 9.92. The van der Waals surface area contributed by atoms with Crippen LogP contribution in [0, 0.1) is 5.92 Å². The van der Waals surface area contributed by atoms with Gasteiger partial charge in [-0.15, -0.1) is 0 Å². The number of hydrogen-bond donors (Lipinski definition) is 1. The van der Waals surface area contributed by atoms with Gasteiger partial charge in [0.25, 0.3) is 11.8 Å². The fourth-order valence-electron chi connectivity index (χ4n) is 5.62. The van der Waals surface area contributed by atoms with Crippen LogP contribution in [-0.4, -0.2) is 58.7 Å². The lowest BCUT2D eigenvalue weighted by Crippen LogP contribution is -2.48. The maximum atomic E-state index is 13.3. The van der Waals surface area contributed by atoms with Gasteiger partial charge >= 0.3 is 0 Å². The molecule has 0 spiro atoms. The number of nitrogens with zero attached hydrogens (tertiary/aromatic N) is 3. The van der Waals surface area contributed by atoms with Crippen molar-refractivity contribution in [1.29, 1.82) is 0 Å². The third-order valence-electron chi connectivity index (χ3n) is 7.69. The molecule has 1 N–H and O–H groups in total. The van der Waals surface area contributed by atoms with E-state index in [1.807, 2.05) is 59.3 Å². The maximum absolute atomic E-state index is 13.3. The van der Waals surface area contributed by atoms with E-state index < -0.39 is 0 Å². The molecule has 1 aromatic heterocycles. The van der Waals surface area contributed by atoms with Gasteiger partial charge in [0, 0.05) is 37.9 Å². The molecule has 0 aliphatic carbocycles. The van der Waals surface area contributed by atoms with Crippen LogP contribution in [0.2, 0.25) is 0 Å². The van der Waals surface area contributed by atoms with Crippen molar-refractivity contribution in [1.82, 2.24) is 20.1 Å². The van der Waals surface area contributed by atoms with Crippen molar-refractivity contribution in [2.45, 2.75) is 37.8 Å². The monoisotopic (exact) mass is 496 g/mol. The Balaban J connectivity index is 1.25. The van der Waals surface area contributed by atoms with Crippen molar-refractivity contribution in [2.75, 3.05) is 20.1 Å². The standard InChI is InChI=1S/C30H32N4O3/c1-33(30(37)25-13-7-8-16-31-25)27(19-21-9-3-2-4-10-21)22-14-17-34(18-15-22)28(35)20-26-23-11-5-6-12-24(23)29(36)32-26/h2-13,16,22,26-27H,14-15,17-20H2,1H3,(H,32,36)/t26-,27+/m0/s1. The summed E-state index contributed by atoms with van der Waals surface area (Å²) in [6.45, 7) is 1.28. The Hall–Kier alpha value is -4.00. The highest BCUT2D eigenvalue weighted by Gasteiger charge is 2.35. The Kier molecular flexibility index (Phi) is 7.30. The third-order valence-corrected chi connectivity index (χ3v) is 7.69. The van der Waals surface area contributed by atoms with Gasteiger partial charge in [-0.2, -0.15) is 0 Å². The lowest BCUT2D eigenvalue weighted by Gasteiger charge is -2.40. The van der Waals surface area contributed by atoms with Crippen LogP contribution < -0.4 is 5.32 Å². The van der Waals surface area contributed by atoms with E-state index in [1.165, 1.54) is 5.56 Å². The minimum atomic E-state index is -0.276. The highest BCUT2D eigenvalue weighted by Crippen LogP contribution is 2.31. The SMILES string of the molecule is CN(C(=O)c1ccccn1)[C@H](Cc1ccccc1)C1CCN(C(=O)C[C@@H]2NC(=O)c3ccccc32)CC1. The Bertz CT molecular complexity index is 1260. The minimum Gasteiger partial charge on any atom is -0.345 e. The number of amides is 3. The first kappa shape index (κ1) is 24.7. The van der Waals surface area contributed by atoms with Crippen LogP contribution in [0.3, 0.4) is 0 Å². The first-order chi connectivity index (χ1) is 18.0. The predicted molar refractivity (Wildman–Crippen MR) is 141 cm³/mol. The molecule has 1 fully saturated rings. The molecule has 7 nitrogen and oxygen atoms in total. The smallest absolute Gasteiger partial charge is 0.272 e. The number of hydrogen-bond acceptors (Lipinski definition) is 4. The van der Waals surface area contributed by atoms with E-state index in [2.05, 4.69) is 22.4 Å². The van der Waals surface area contributed by atoms with E-state index in [-0.39, 0.29) is 42.1 Å². The maximum Gasteiger partial charge on any atom is 0.272 e. The van der Waals surface area contributed by atoms with Crippen LogP contribution in [0.25, 0.3) is 0 Å². The predicted octanol–water partition coefficient (Wildman–Crippen LogP) is 3.88. The summed E-state index contributed by atoms with van der Waals surface area (Å²) >= 11 is 0. The third kappa shape index (κ3) is 5.40. The van der Waals surface area contributed by atoms with Crippen molar-refractivity contribution in [3.8, 4) is 0 Å². The van der Waals surface area contributed by atoms with Gasteiger partial charge in [0.15, 0.2) is 0 Å². The van der Waals surface area contributed by atoms with Crippen molar-refractivity contribution < 1.29 is 14.4 Å². The second kappa shape index (κ2) is 10.9. The molecule has 7 heteroatoms. The van der Waals surface area contributed by atoms with Gasteiger partial charge in [-0.1, -0.05) is 54.6 Å². The van der Waals surface area contributed by atoms with E-state index >= 15 is 0 Å². The lowest BCUT2D eigenvalue weighted by molar-refractivity contribution is -0.133. The number of likely N-dealkylation sites (N-methyl/N-ethyl adjacent to an activating group) is 1. The molecule has 3 amide bonds. The Morgan fingerprint density at radius 1 is 1.00 bits per heavy atom. The summed E-state index contributed by atoms with van der Waals surface area (Å²) in [5, 5.41) is 2.95. The molecule has 2 aliphatic rings. The summed E-state index contributed by atoms with van der Waals surface area (Å²) < 4.78 is 0. The quantitative estimate of drug-likeness (QED) is 0.538. The molecular formula is C30H32N4O3. The Morgan fingerprint density at radius 3 is 2.43 bits per heavy atom. The average Bonchev–Trinajstić information content (AvgIpc) is 3.27. The number of nitrogens with one attached hydrogen (secondary N) is 1. The number of pyridine rings is 1. The van der Waals surface area contributed by atoms with Gasteiger partial charge in [-0.3, -0.25) is 19.4 Å². The molecule has 3 heterocycles. The second-order valence-corrected chi connectivity index (χ2v) is 9.92. The molecule has 190 valence electrons. The molecule has 5 rings (SSSR count). The fraction of sp³-hybridized carbons (Fsp3) is 0.333. The molecule has 2 aliphatic heterocycles. The molecule has 0 radical (unpaired) electrons. The van der Waals surface area contributed by atoms with Gasteiger partial charge in [0.2, 0.25) is 5.91 Å². The normalized spacial score (nSPS) is 18.1. The summed E-state index contributed by atoms with van der Waals surface area (Å²) in [5.41, 5.74) is 3.17. The van der Waals surface area contributed by atoms with E-state index in [0.29, 0.717) is 24.3 Å². The van der Waals surface area contributed by atoms with E-state index in [1.54, 1.807) is 24.4 Å². The van der Waals surface area contributed by atoms with Crippen molar-refractivity contribution >= 4 is 17.7 Å². The number of piperidine rings is 1. The van der Waals surface area contributed by atoms with Gasteiger partial charge in [-0.25, -0.2) is 0 Å². The summed E-state index contributed by atoms with van der Waals surface area (Å²) in [4.78, 5) is 46.7. The molecule has 0 bridgehead atoms. The van der Waals surface area contributed by atoms with Crippen molar-refractivity contribution in [2.24, 2.45) is 5.92 Å². The molecule has 0 saturated carbocycles. The Labute approximate surface area is 217 Å². The zero-order valence-corrected chi connectivity index (χ0v) is 21.0. The summed E-state index contributed by atoms with van der Waals surface area (Å²) in [6.07, 6.45) is 4.29. The topological polar surface area (TPSA) is 82.6 Å². The number of aromatic nitrogens is 1. The molecule has 2 atom stereocenters. The molecule has 0 unspecified atom stereocenters. The van der Waals surface area contributed by atoms with E-state index in [9.17, 15) is 14.4 Å². The number of benzene rings is 2. The van der Waals surface area contributed by atoms with Crippen LogP contribution in [0.5, 0.6) is 0 Å². The average molecular weight is 497 g/mol. The van der Waals surface area contributed by atoms with Gasteiger partial charge in [-0.05, 0) is 54.5 Å². The summed E-state index contributed by atoms with van der Waals surface area (Å²) in [5.74, 6) is 0.110. The van der Waals surface area contributed by atoms with Crippen LogP contribution in [-0.2, 0) is 11.2 Å². The van der Waals surface area contributed by atoms with E-state index in [4.69, 9.17) is 0 Å². The van der Waals surface area contributed by atoms with Gasteiger partial charge in [0.05, 0.1) is 12.5 Å². The Morgan fingerprint density at radius 2 is 1.70 bits per heavy atom. The van der Waals surface area contributed by atoms with E-state index in [0.717, 1.165) is 24.8 Å². The number of fused-ring (bicyclic) bond motifs is 1. The zero-order valence-electron chi connectivity index (χ0n) is 21.0. The van der Waals surface area contributed by atoms with Gasteiger partial charge in [0.1, 0.15) is 5.69 Å². The first-order valence-corrected chi connectivity index (χ1v) is 12.9. The zero-order chi connectivity index (χ0) is 25.8. The van der Waals surface area contributed by atoms with Gasteiger partial charge < -0.3 is 15.1 Å². The van der Waals surface area contributed by atoms with Crippen LogP contribution in [0.4, 0.5) is 0 Å². The van der Waals surface area contributed by atoms with Crippen LogP contribution in [0.1, 0.15) is 57.3 Å². The van der Waals surface area contributed by atoms with Crippen LogP contribution in [0.15, 0.2) is 79.0 Å². The van der Waals surface area contributed by atoms with Crippen molar-refractivity contribution in [3.05, 3.63) is 101 Å². The summed E-state index contributed by atoms with van der Waals surface area (Å²) in [6, 6.07) is 22.8. The largest absolute Gasteiger partial charge is 0.345 e. The number of rotatable bonds is 7.